The molecule has 0 saturated heterocycles. The Morgan fingerprint density at radius 3 is 2.40 bits per heavy atom. The average molecular weight is 212 g/mol. The van der Waals surface area contributed by atoms with Crippen molar-refractivity contribution in [3.63, 3.8) is 0 Å². The van der Waals surface area contributed by atoms with Crippen LogP contribution in [0, 0.1) is 11.8 Å². The largest absolute Gasteiger partial charge is 0.435 e. The van der Waals surface area contributed by atoms with Crippen molar-refractivity contribution in [2.45, 2.75) is 53.1 Å². The first kappa shape index (κ1) is 14.7. The van der Waals surface area contributed by atoms with Crippen LogP contribution in [-0.2, 0) is 4.65 Å². The molecule has 0 bridgehead atoms. The maximum Gasteiger partial charge on any atom is 0.435 e. The van der Waals surface area contributed by atoms with E-state index in [2.05, 4.69) is 34.3 Å². The van der Waals surface area contributed by atoms with E-state index in [9.17, 15) is 0 Å². The Hall–Kier alpha value is -0.275. The molecule has 3 heteroatoms. The van der Waals surface area contributed by atoms with Gasteiger partial charge in [0, 0.05) is 6.10 Å². The molecule has 1 N–H and O–H groups in total. The van der Waals surface area contributed by atoms with Crippen molar-refractivity contribution in [2.24, 2.45) is 11.8 Å². The highest BCUT2D eigenvalue weighted by atomic mass is 16.5. The van der Waals surface area contributed by atoms with Crippen molar-refractivity contribution in [3.8, 4) is 0 Å². The molecule has 0 aromatic heterocycles. The summed E-state index contributed by atoms with van der Waals surface area (Å²) >= 11 is 0. The summed E-state index contributed by atoms with van der Waals surface area (Å²) in [5, 5.41) is 8.77. The van der Waals surface area contributed by atoms with E-state index in [0.717, 1.165) is 19.3 Å². The summed E-state index contributed by atoms with van der Waals surface area (Å²) in [6, 6.07) is 0. The molecule has 0 aliphatic rings. The Morgan fingerprint density at radius 2 is 2.00 bits per heavy atom. The summed E-state index contributed by atoms with van der Waals surface area (Å²) in [6.07, 6.45) is 3.26. The van der Waals surface area contributed by atoms with Crippen LogP contribution in [-0.4, -0.2) is 18.8 Å². The summed E-state index contributed by atoms with van der Waals surface area (Å²) in [6.45, 7) is 12.7. The molecule has 0 spiro atoms. The third-order valence-corrected chi connectivity index (χ3v) is 3.20. The van der Waals surface area contributed by atoms with E-state index in [1.54, 1.807) is 0 Å². The zero-order valence-electron chi connectivity index (χ0n) is 10.6. The zero-order chi connectivity index (χ0) is 11.8. The third-order valence-electron chi connectivity index (χ3n) is 3.20. The smallest absolute Gasteiger partial charge is 0.430 e. The topological polar surface area (TPSA) is 29.5 Å². The number of hydrogen-bond donors (Lipinski definition) is 1. The number of hydrogen-bond acceptors (Lipinski definition) is 2. The van der Waals surface area contributed by atoms with E-state index < -0.39 is 0 Å². The SMILES string of the molecule is C=C(CC)C(C)CC(C)C(CC)OBO. The Kier molecular flexibility index (Phi) is 7.80. The maximum atomic E-state index is 8.77. The lowest BCUT2D eigenvalue weighted by molar-refractivity contribution is 0.114. The molecule has 0 saturated carbocycles. The van der Waals surface area contributed by atoms with Crippen LogP contribution < -0.4 is 0 Å². The minimum absolute atomic E-state index is 0.169. The van der Waals surface area contributed by atoms with E-state index in [-0.39, 0.29) is 13.8 Å². The molecule has 88 valence electrons. The highest BCUT2D eigenvalue weighted by Gasteiger charge is 2.19. The molecule has 0 rings (SSSR count). The van der Waals surface area contributed by atoms with Gasteiger partial charge >= 0.3 is 7.69 Å². The van der Waals surface area contributed by atoms with Gasteiger partial charge in [0.2, 0.25) is 0 Å². The number of rotatable bonds is 8. The monoisotopic (exact) mass is 212 g/mol. The summed E-state index contributed by atoms with van der Waals surface area (Å²) < 4.78 is 5.29. The molecule has 0 amide bonds. The van der Waals surface area contributed by atoms with Crippen molar-refractivity contribution in [1.29, 1.82) is 0 Å². The molecule has 3 atom stereocenters. The summed E-state index contributed by atoms with van der Waals surface area (Å²) in [5.74, 6) is 1.02. The van der Waals surface area contributed by atoms with E-state index in [0.29, 0.717) is 11.8 Å². The van der Waals surface area contributed by atoms with Crippen molar-refractivity contribution < 1.29 is 9.68 Å². The van der Waals surface area contributed by atoms with Crippen LogP contribution in [0.2, 0.25) is 0 Å². The Morgan fingerprint density at radius 1 is 1.40 bits per heavy atom. The highest BCUT2D eigenvalue weighted by molar-refractivity contribution is 6.15. The molecule has 0 radical (unpaired) electrons. The predicted molar refractivity (Wildman–Crippen MR) is 66.9 cm³/mol. The molecule has 0 aromatic carbocycles. The van der Waals surface area contributed by atoms with Gasteiger partial charge in [0.25, 0.3) is 0 Å². The summed E-state index contributed by atoms with van der Waals surface area (Å²) in [5.41, 5.74) is 1.31. The fourth-order valence-corrected chi connectivity index (χ4v) is 2.00. The Balaban J connectivity index is 4.08. The Labute approximate surface area is 95.0 Å². The molecule has 15 heavy (non-hydrogen) atoms. The fraction of sp³-hybridized carbons (Fsp3) is 0.833. The summed E-state index contributed by atoms with van der Waals surface area (Å²) in [7, 11) is -0.175. The van der Waals surface area contributed by atoms with E-state index in [1.807, 2.05) is 0 Å². The van der Waals surface area contributed by atoms with Gasteiger partial charge < -0.3 is 9.68 Å². The number of allylic oxidation sites excluding steroid dienone is 1. The minimum atomic E-state index is -0.175. The van der Waals surface area contributed by atoms with E-state index >= 15 is 0 Å². The lowest BCUT2D eigenvalue weighted by atomic mass is 9.86. The lowest BCUT2D eigenvalue weighted by Gasteiger charge is -2.25. The minimum Gasteiger partial charge on any atom is -0.430 e. The van der Waals surface area contributed by atoms with Crippen LogP contribution >= 0.6 is 0 Å². The van der Waals surface area contributed by atoms with Crippen LogP contribution in [0.15, 0.2) is 12.2 Å². The van der Waals surface area contributed by atoms with Gasteiger partial charge in [-0.2, -0.15) is 0 Å². The van der Waals surface area contributed by atoms with Gasteiger partial charge in [0.05, 0.1) is 0 Å². The van der Waals surface area contributed by atoms with Crippen LogP contribution in [0.25, 0.3) is 0 Å². The van der Waals surface area contributed by atoms with Crippen LogP contribution in [0.4, 0.5) is 0 Å². The second-order valence-electron chi connectivity index (χ2n) is 4.37. The van der Waals surface area contributed by atoms with E-state index in [1.165, 1.54) is 5.57 Å². The molecule has 2 nitrogen and oxygen atoms in total. The average Bonchev–Trinajstić information content (AvgIpc) is 2.24. The first-order valence-corrected chi connectivity index (χ1v) is 5.96. The first-order valence-electron chi connectivity index (χ1n) is 5.96. The van der Waals surface area contributed by atoms with Gasteiger partial charge in [-0.3, -0.25) is 0 Å². The third kappa shape index (κ3) is 5.38. The van der Waals surface area contributed by atoms with Crippen molar-refractivity contribution in [2.75, 3.05) is 0 Å². The fourth-order valence-electron chi connectivity index (χ4n) is 2.00. The van der Waals surface area contributed by atoms with Gasteiger partial charge in [-0.25, -0.2) is 0 Å². The van der Waals surface area contributed by atoms with Crippen LogP contribution in [0.5, 0.6) is 0 Å². The van der Waals surface area contributed by atoms with Crippen molar-refractivity contribution in [1.82, 2.24) is 0 Å². The highest BCUT2D eigenvalue weighted by Crippen LogP contribution is 2.24. The molecular weight excluding hydrogens is 187 g/mol. The van der Waals surface area contributed by atoms with Gasteiger partial charge in [-0.05, 0) is 31.1 Å². The molecule has 0 aromatic rings. The molecule has 0 aliphatic heterocycles. The zero-order valence-corrected chi connectivity index (χ0v) is 10.6. The first-order chi connectivity index (χ1) is 7.06. The molecule has 0 aliphatic carbocycles. The quantitative estimate of drug-likeness (QED) is 0.495. The lowest BCUT2D eigenvalue weighted by Crippen LogP contribution is -2.24. The van der Waals surface area contributed by atoms with Crippen LogP contribution in [0.1, 0.15) is 47.0 Å². The molecule has 0 heterocycles. The predicted octanol–water partition coefficient (Wildman–Crippen LogP) is 2.67. The second kappa shape index (κ2) is 7.94. The van der Waals surface area contributed by atoms with Gasteiger partial charge in [-0.1, -0.05) is 39.8 Å². The van der Waals surface area contributed by atoms with Gasteiger partial charge in [0.1, 0.15) is 0 Å². The van der Waals surface area contributed by atoms with Crippen molar-refractivity contribution >= 4 is 7.69 Å². The molecular formula is C12H25BO2. The normalized spacial score (nSPS) is 16.9. The molecule has 0 fully saturated rings. The Bertz CT molecular complexity index is 182. The van der Waals surface area contributed by atoms with Gasteiger partial charge in [-0.15, -0.1) is 0 Å². The van der Waals surface area contributed by atoms with Gasteiger partial charge in [0.15, 0.2) is 0 Å². The summed E-state index contributed by atoms with van der Waals surface area (Å²) in [4.78, 5) is 0. The second-order valence-corrected chi connectivity index (χ2v) is 4.37. The van der Waals surface area contributed by atoms with Crippen molar-refractivity contribution in [3.05, 3.63) is 12.2 Å². The van der Waals surface area contributed by atoms with Crippen LogP contribution in [0.3, 0.4) is 0 Å². The molecule has 3 unspecified atom stereocenters. The standard InChI is InChI=1S/C12H25BO2/c1-6-9(3)10(4)8-11(5)12(7-2)15-13-14/h10-14H,3,6-8H2,1-2,4-5H3. The maximum absolute atomic E-state index is 8.77. The van der Waals surface area contributed by atoms with E-state index in [4.69, 9.17) is 9.68 Å².